The maximum atomic E-state index is 11.7. The predicted molar refractivity (Wildman–Crippen MR) is 123 cm³/mol. The van der Waals surface area contributed by atoms with Crippen LogP contribution in [0.25, 0.3) is 0 Å². The van der Waals surface area contributed by atoms with E-state index in [1.165, 1.54) is 5.56 Å². The minimum atomic E-state index is -0.0279. The molecule has 5 nitrogen and oxygen atoms in total. The fourth-order valence-corrected chi connectivity index (χ4v) is 2.49. The zero-order valence-corrected chi connectivity index (χ0v) is 18.7. The Labute approximate surface area is 179 Å². The first-order valence-electron chi connectivity index (χ1n) is 8.85. The standard InChI is InChI=1S/C21H28N4O.HI/c1-16(2)20(26)24-19-12-10-17(11-13-19)14-23-21(22-3)25(4)15-18-8-6-5-7-9-18;/h5-13,16H,14-15H2,1-4H3,(H,22,23)(H,24,26);1H. The molecule has 2 rings (SSSR count). The second-order valence-electron chi connectivity index (χ2n) is 6.58. The van der Waals surface area contributed by atoms with E-state index in [0.29, 0.717) is 6.54 Å². The van der Waals surface area contributed by atoms with Gasteiger partial charge in [-0.3, -0.25) is 9.79 Å². The summed E-state index contributed by atoms with van der Waals surface area (Å²) in [5.41, 5.74) is 3.18. The second kappa shape index (κ2) is 11.6. The monoisotopic (exact) mass is 480 g/mol. The average molecular weight is 480 g/mol. The summed E-state index contributed by atoms with van der Waals surface area (Å²) >= 11 is 0. The number of nitrogens with one attached hydrogen (secondary N) is 2. The number of rotatable bonds is 6. The summed E-state index contributed by atoms with van der Waals surface area (Å²) in [4.78, 5) is 18.2. The number of amides is 1. The van der Waals surface area contributed by atoms with Gasteiger partial charge in [-0.15, -0.1) is 24.0 Å². The van der Waals surface area contributed by atoms with Crippen molar-refractivity contribution in [3.63, 3.8) is 0 Å². The number of hydrogen-bond donors (Lipinski definition) is 2. The second-order valence-corrected chi connectivity index (χ2v) is 6.58. The molecule has 0 fully saturated rings. The maximum Gasteiger partial charge on any atom is 0.226 e. The molecule has 0 heterocycles. The van der Waals surface area contributed by atoms with Crippen LogP contribution in [0.3, 0.4) is 0 Å². The fraction of sp³-hybridized carbons (Fsp3) is 0.333. The van der Waals surface area contributed by atoms with E-state index in [1.54, 1.807) is 7.05 Å². The molecule has 0 unspecified atom stereocenters. The highest BCUT2D eigenvalue weighted by atomic mass is 127. The van der Waals surface area contributed by atoms with Crippen LogP contribution in [0.15, 0.2) is 59.6 Å². The molecule has 0 aliphatic carbocycles. The quantitative estimate of drug-likeness (QED) is 0.372. The SMILES string of the molecule is CN=C(NCc1ccc(NC(=O)C(C)C)cc1)N(C)Cc1ccccc1.I. The number of carbonyl (C=O) groups excluding carboxylic acids is 1. The summed E-state index contributed by atoms with van der Waals surface area (Å²) in [6.07, 6.45) is 0. The third-order valence-electron chi connectivity index (χ3n) is 4.03. The number of aliphatic imine (C=N–C) groups is 1. The van der Waals surface area contributed by atoms with Gasteiger partial charge in [-0.05, 0) is 23.3 Å². The number of halogens is 1. The number of guanidine groups is 1. The van der Waals surface area contributed by atoms with Crippen molar-refractivity contribution in [2.45, 2.75) is 26.9 Å². The lowest BCUT2D eigenvalue weighted by Gasteiger charge is -2.22. The first kappa shape index (κ1) is 23.0. The van der Waals surface area contributed by atoms with E-state index >= 15 is 0 Å². The molecule has 0 bridgehead atoms. The van der Waals surface area contributed by atoms with Gasteiger partial charge in [0.15, 0.2) is 5.96 Å². The van der Waals surface area contributed by atoms with Crippen LogP contribution in [-0.2, 0) is 17.9 Å². The van der Waals surface area contributed by atoms with E-state index in [9.17, 15) is 4.79 Å². The molecule has 146 valence electrons. The van der Waals surface area contributed by atoms with Crippen LogP contribution in [0.4, 0.5) is 5.69 Å². The topological polar surface area (TPSA) is 56.7 Å². The molecule has 0 atom stereocenters. The van der Waals surface area contributed by atoms with Crippen LogP contribution in [0.1, 0.15) is 25.0 Å². The molecular formula is C21H29IN4O. The van der Waals surface area contributed by atoms with E-state index in [-0.39, 0.29) is 35.8 Å². The summed E-state index contributed by atoms with van der Waals surface area (Å²) in [6, 6.07) is 18.2. The highest BCUT2D eigenvalue weighted by Gasteiger charge is 2.08. The molecule has 0 radical (unpaired) electrons. The third-order valence-corrected chi connectivity index (χ3v) is 4.03. The zero-order valence-electron chi connectivity index (χ0n) is 16.4. The van der Waals surface area contributed by atoms with Gasteiger partial charge in [-0.1, -0.05) is 56.3 Å². The van der Waals surface area contributed by atoms with Gasteiger partial charge in [0.1, 0.15) is 0 Å². The van der Waals surface area contributed by atoms with Crippen LogP contribution in [-0.4, -0.2) is 30.9 Å². The van der Waals surface area contributed by atoms with Crippen molar-refractivity contribution in [3.8, 4) is 0 Å². The van der Waals surface area contributed by atoms with Crippen molar-refractivity contribution < 1.29 is 4.79 Å². The van der Waals surface area contributed by atoms with Gasteiger partial charge in [0.25, 0.3) is 0 Å². The number of anilines is 1. The van der Waals surface area contributed by atoms with E-state index in [4.69, 9.17) is 0 Å². The van der Waals surface area contributed by atoms with E-state index in [1.807, 2.05) is 63.4 Å². The Morgan fingerprint density at radius 3 is 2.22 bits per heavy atom. The molecule has 27 heavy (non-hydrogen) atoms. The molecule has 0 aliphatic rings. The van der Waals surface area contributed by atoms with E-state index in [2.05, 4.69) is 32.7 Å². The average Bonchev–Trinajstić information content (AvgIpc) is 2.64. The Kier molecular flexibility index (Phi) is 9.85. The summed E-state index contributed by atoms with van der Waals surface area (Å²) in [5.74, 6) is 0.838. The number of hydrogen-bond acceptors (Lipinski definition) is 2. The molecule has 1 amide bonds. The Bertz CT molecular complexity index is 730. The molecular weight excluding hydrogens is 451 g/mol. The molecule has 2 aromatic rings. The highest BCUT2D eigenvalue weighted by Crippen LogP contribution is 2.11. The summed E-state index contributed by atoms with van der Waals surface area (Å²) in [7, 11) is 3.81. The Morgan fingerprint density at radius 2 is 1.67 bits per heavy atom. The lowest BCUT2D eigenvalue weighted by Crippen LogP contribution is -2.38. The lowest BCUT2D eigenvalue weighted by atomic mass is 10.1. The minimum absolute atomic E-state index is 0. The summed E-state index contributed by atoms with van der Waals surface area (Å²) in [6.45, 7) is 5.22. The minimum Gasteiger partial charge on any atom is -0.352 e. The van der Waals surface area contributed by atoms with Gasteiger partial charge in [-0.25, -0.2) is 0 Å². The number of carbonyl (C=O) groups is 1. The van der Waals surface area contributed by atoms with Crippen molar-refractivity contribution in [2.24, 2.45) is 10.9 Å². The number of benzene rings is 2. The van der Waals surface area contributed by atoms with Gasteiger partial charge in [-0.2, -0.15) is 0 Å². The molecule has 0 aromatic heterocycles. The van der Waals surface area contributed by atoms with Gasteiger partial charge >= 0.3 is 0 Å². The first-order chi connectivity index (χ1) is 12.5. The summed E-state index contributed by atoms with van der Waals surface area (Å²) in [5, 5.41) is 6.27. The van der Waals surface area contributed by atoms with Crippen molar-refractivity contribution in [1.82, 2.24) is 10.2 Å². The zero-order chi connectivity index (χ0) is 18.9. The van der Waals surface area contributed by atoms with Gasteiger partial charge in [0.05, 0.1) is 0 Å². The van der Waals surface area contributed by atoms with Crippen molar-refractivity contribution in [2.75, 3.05) is 19.4 Å². The van der Waals surface area contributed by atoms with Crippen LogP contribution in [0.2, 0.25) is 0 Å². The van der Waals surface area contributed by atoms with Crippen LogP contribution < -0.4 is 10.6 Å². The smallest absolute Gasteiger partial charge is 0.226 e. The van der Waals surface area contributed by atoms with Gasteiger partial charge in [0.2, 0.25) is 5.91 Å². The number of nitrogens with zero attached hydrogens (tertiary/aromatic N) is 2. The maximum absolute atomic E-state index is 11.7. The lowest BCUT2D eigenvalue weighted by molar-refractivity contribution is -0.118. The van der Waals surface area contributed by atoms with Crippen molar-refractivity contribution >= 4 is 41.5 Å². The largest absolute Gasteiger partial charge is 0.352 e. The molecule has 2 aromatic carbocycles. The molecule has 0 saturated heterocycles. The Hall–Kier alpha value is -2.09. The van der Waals surface area contributed by atoms with Gasteiger partial charge < -0.3 is 15.5 Å². The molecule has 0 aliphatic heterocycles. The Morgan fingerprint density at radius 1 is 1.04 bits per heavy atom. The van der Waals surface area contributed by atoms with Crippen LogP contribution >= 0.6 is 24.0 Å². The first-order valence-corrected chi connectivity index (χ1v) is 8.85. The molecule has 6 heteroatoms. The fourth-order valence-electron chi connectivity index (χ4n) is 2.49. The normalized spacial score (nSPS) is 10.9. The van der Waals surface area contributed by atoms with Crippen LogP contribution in [0, 0.1) is 5.92 Å². The Balaban J connectivity index is 0.00000364. The van der Waals surface area contributed by atoms with E-state index in [0.717, 1.165) is 23.8 Å². The molecule has 0 spiro atoms. The van der Waals surface area contributed by atoms with Gasteiger partial charge in [0, 0.05) is 38.8 Å². The highest BCUT2D eigenvalue weighted by molar-refractivity contribution is 14.0. The van der Waals surface area contributed by atoms with E-state index < -0.39 is 0 Å². The third kappa shape index (κ3) is 7.58. The van der Waals surface area contributed by atoms with Crippen LogP contribution in [0.5, 0.6) is 0 Å². The predicted octanol–water partition coefficient (Wildman–Crippen LogP) is 4.11. The molecule has 2 N–H and O–H groups in total. The van der Waals surface area contributed by atoms with Crippen molar-refractivity contribution in [3.05, 3.63) is 65.7 Å². The molecule has 0 saturated carbocycles. The summed E-state index contributed by atoms with van der Waals surface area (Å²) < 4.78 is 0. The van der Waals surface area contributed by atoms with Crippen molar-refractivity contribution in [1.29, 1.82) is 0 Å².